The highest BCUT2D eigenvalue weighted by atomic mass is 32.2. The van der Waals surface area contributed by atoms with Crippen molar-refractivity contribution in [1.82, 2.24) is 0 Å². The molecule has 0 fully saturated rings. The third-order valence-corrected chi connectivity index (χ3v) is 4.50. The lowest BCUT2D eigenvalue weighted by Crippen LogP contribution is -2.38. The van der Waals surface area contributed by atoms with E-state index in [2.05, 4.69) is 0 Å². The van der Waals surface area contributed by atoms with Gasteiger partial charge in [0.2, 0.25) is 0 Å². The van der Waals surface area contributed by atoms with Crippen molar-refractivity contribution in [3.63, 3.8) is 0 Å². The van der Waals surface area contributed by atoms with Crippen LogP contribution in [0.1, 0.15) is 27.7 Å². The molecular weight excluding hydrogens is 176 g/mol. The van der Waals surface area contributed by atoms with E-state index in [0.29, 0.717) is 0 Å². The molecule has 1 unspecified atom stereocenters. The normalized spacial score (nSPS) is 16.1. The zero-order chi connectivity index (χ0) is 9.99. The second-order valence-electron chi connectivity index (χ2n) is 3.99. The first kappa shape index (κ1) is 11.9. The number of aliphatic hydroxyl groups is 1. The highest BCUT2D eigenvalue weighted by Crippen LogP contribution is 2.25. The summed E-state index contributed by atoms with van der Waals surface area (Å²) >= 11 is 0. The molecule has 0 aliphatic heterocycles. The summed E-state index contributed by atoms with van der Waals surface area (Å²) in [5, 5.41) is 8.31. The van der Waals surface area contributed by atoms with Crippen LogP contribution in [0.4, 0.5) is 0 Å². The molecular formula is C8H18O3S. The molecule has 0 rings (SSSR count). The van der Waals surface area contributed by atoms with Crippen LogP contribution in [0.15, 0.2) is 0 Å². The van der Waals surface area contributed by atoms with Crippen LogP contribution in [0.2, 0.25) is 0 Å². The predicted octanol–water partition coefficient (Wildman–Crippen LogP) is 0.828. The van der Waals surface area contributed by atoms with Gasteiger partial charge in [-0.3, -0.25) is 0 Å². The fourth-order valence-electron chi connectivity index (χ4n) is 1.13. The molecule has 0 amide bonds. The SMILES string of the molecule is CCS(=O)(=O)C(CO)C(C)(C)C. The van der Waals surface area contributed by atoms with E-state index in [9.17, 15) is 8.42 Å². The molecule has 12 heavy (non-hydrogen) atoms. The summed E-state index contributed by atoms with van der Waals surface area (Å²) in [6, 6.07) is 0. The third kappa shape index (κ3) is 2.75. The Kier molecular flexibility index (Phi) is 3.72. The van der Waals surface area contributed by atoms with E-state index < -0.39 is 15.1 Å². The van der Waals surface area contributed by atoms with E-state index in [-0.39, 0.29) is 17.8 Å². The minimum Gasteiger partial charge on any atom is -0.395 e. The molecule has 0 aliphatic carbocycles. The predicted molar refractivity (Wildman–Crippen MR) is 49.8 cm³/mol. The van der Waals surface area contributed by atoms with Crippen molar-refractivity contribution in [2.24, 2.45) is 5.41 Å². The molecule has 0 aromatic carbocycles. The van der Waals surface area contributed by atoms with E-state index >= 15 is 0 Å². The number of sulfone groups is 1. The Morgan fingerprint density at radius 3 is 1.83 bits per heavy atom. The van der Waals surface area contributed by atoms with Crippen LogP contribution in [0, 0.1) is 5.41 Å². The molecule has 74 valence electrons. The topological polar surface area (TPSA) is 54.4 Å². The molecule has 0 radical (unpaired) electrons. The van der Waals surface area contributed by atoms with Crippen molar-refractivity contribution >= 4 is 9.84 Å². The maximum atomic E-state index is 11.4. The first-order valence-electron chi connectivity index (χ1n) is 4.08. The Balaban J connectivity index is 4.82. The maximum Gasteiger partial charge on any atom is 0.155 e. The Bertz CT molecular complexity index is 223. The van der Waals surface area contributed by atoms with Crippen molar-refractivity contribution in [2.45, 2.75) is 32.9 Å². The average Bonchev–Trinajstić information content (AvgIpc) is 1.85. The molecule has 0 spiro atoms. The molecule has 0 aromatic heterocycles. The second-order valence-corrected chi connectivity index (χ2v) is 6.46. The lowest BCUT2D eigenvalue weighted by molar-refractivity contribution is 0.228. The zero-order valence-corrected chi connectivity index (χ0v) is 8.98. The number of hydrogen-bond donors (Lipinski definition) is 1. The van der Waals surface area contributed by atoms with Gasteiger partial charge in [-0.2, -0.15) is 0 Å². The first-order valence-corrected chi connectivity index (χ1v) is 5.79. The number of aliphatic hydroxyl groups excluding tert-OH is 1. The zero-order valence-electron chi connectivity index (χ0n) is 8.16. The summed E-state index contributed by atoms with van der Waals surface area (Å²) in [5.74, 6) is 0.0928. The lowest BCUT2D eigenvalue weighted by Gasteiger charge is -2.28. The van der Waals surface area contributed by atoms with Gasteiger partial charge in [0, 0.05) is 5.75 Å². The van der Waals surface area contributed by atoms with Crippen molar-refractivity contribution < 1.29 is 13.5 Å². The average molecular weight is 194 g/mol. The standard InChI is InChI=1S/C8H18O3S/c1-5-12(10,11)7(6-9)8(2,3)4/h7,9H,5-6H2,1-4H3. The smallest absolute Gasteiger partial charge is 0.155 e. The Morgan fingerprint density at radius 1 is 1.33 bits per heavy atom. The van der Waals surface area contributed by atoms with Gasteiger partial charge in [-0.25, -0.2) is 8.42 Å². The van der Waals surface area contributed by atoms with Gasteiger partial charge in [0.25, 0.3) is 0 Å². The van der Waals surface area contributed by atoms with Gasteiger partial charge in [-0.05, 0) is 5.41 Å². The molecule has 1 atom stereocenters. The van der Waals surface area contributed by atoms with Gasteiger partial charge in [0.1, 0.15) is 0 Å². The number of hydrogen-bond acceptors (Lipinski definition) is 3. The third-order valence-electron chi connectivity index (χ3n) is 1.97. The first-order chi connectivity index (χ1) is 5.25. The summed E-state index contributed by atoms with van der Waals surface area (Å²) in [5.41, 5.74) is -0.385. The van der Waals surface area contributed by atoms with Gasteiger partial charge in [-0.15, -0.1) is 0 Å². The second kappa shape index (κ2) is 3.75. The summed E-state index contributed by atoms with van der Waals surface area (Å²) in [6.07, 6.45) is 0. The molecule has 0 saturated heterocycles. The molecule has 4 heteroatoms. The largest absolute Gasteiger partial charge is 0.395 e. The highest BCUT2D eigenvalue weighted by molar-refractivity contribution is 7.92. The molecule has 0 heterocycles. The fraction of sp³-hybridized carbons (Fsp3) is 1.00. The Morgan fingerprint density at radius 2 is 1.75 bits per heavy atom. The van der Waals surface area contributed by atoms with Crippen LogP contribution in [0.25, 0.3) is 0 Å². The van der Waals surface area contributed by atoms with Crippen molar-refractivity contribution in [1.29, 1.82) is 0 Å². The summed E-state index contributed by atoms with van der Waals surface area (Å²) < 4.78 is 22.8. The minimum atomic E-state index is -3.12. The summed E-state index contributed by atoms with van der Waals surface area (Å²) in [4.78, 5) is 0. The number of rotatable bonds is 3. The quantitative estimate of drug-likeness (QED) is 0.724. The van der Waals surface area contributed by atoms with E-state index in [1.54, 1.807) is 6.92 Å². The molecule has 0 aliphatic rings. The maximum absolute atomic E-state index is 11.4. The summed E-state index contributed by atoms with van der Waals surface area (Å²) in [7, 11) is -3.12. The van der Waals surface area contributed by atoms with Gasteiger partial charge in [-0.1, -0.05) is 27.7 Å². The van der Waals surface area contributed by atoms with E-state index in [0.717, 1.165) is 0 Å². The Hall–Kier alpha value is -0.0900. The van der Waals surface area contributed by atoms with Crippen LogP contribution in [0.5, 0.6) is 0 Å². The van der Waals surface area contributed by atoms with Crippen molar-refractivity contribution in [3.05, 3.63) is 0 Å². The molecule has 0 saturated carbocycles. The van der Waals surface area contributed by atoms with E-state index in [1.807, 2.05) is 20.8 Å². The Labute approximate surface area is 74.7 Å². The van der Waals surface area contributed by atoms with Gasteiger partial charge >= 0.3 is 0 Å². The summed E-state index contributed by atoms with van der Waals surface area (Å²) in [6.45, 7) is 6.77. The van der Waals surface area contributed by atoms with Gasteiger partial charge in [0.15, 0.2) is 9.84 Å². The fourth-order valence-corrected chi connectivity index (χ4v) is 2.83. The van der Waals surface area contributed by atoms with Crippen molar-refractivity contribution in [2.75, 3.05) is 12.4 Å². The van der Waals surface area contributed by atoms with Crippen LogP contribution in [0.3, 0.4) is 0 Å². The van der Waals surface area contributed by atoms with Gasteiger partial charge < -0.3 is 5.11 Å². The van der Waals surface area contributed by atoms with Crippen LogP contribution >= 0.6 is 0 Å². The van der Waals surface area contributed by atoms with Crippen LogP contribution in [-0.4, -0.2) is 31.1 Å². The van der Waals surface area contributed by atoms with Crippen molar-refractivity contribution in [3.8, 4) is 0 Å². The molecule has 3 nitrogen and oxygen atoms in total. The molecule has 0 bridgehead atoms. The van der Waals surface area contributed by atoms with Crippen LogP contribution in [-0.2, 0) is 9.84 Å². The van der Waals surface area contributed by atoms with Gasteiger partial charge in [0.05, 0.1) is 11.9 Å². The minimum absolute atomic E-state index is 0.0928. The lowest BCUT2D eigenvalue weighted by atomic mass is 9.92. The monoisotopic (exact) mass is 194 g/mol. The van der Waals surface area contributed by atoms with E-state index in [1.165, 1.54) is 0 Å². The molecule has 1 N–H and O–H groups in total. The highest BCUT2D eigenvalue weighted by Gasteiger charge is 2.34. The molecule has 0 aromatic rings. The van der Waals surface area contributed by atoms with Crippen LogP contribution < -0.4 is 0 Å². The van der Waals surface area contributed by atoms with E-state index in [4.69, 9.17) is 5.11 Å².